The normalized spacial score (nSPS) is 15.0. The predicted molar refractivity (Wildman–Crippen MR) is 106 cm³/mol. The third kappa shape index (κ3) is 10.1. The van der Waals surface area contributed by atoms with Gasteiger partial charge in [-0.15, -0.1) is 0 Å². The molecule has 4 atom stereocenters. The van der Waals surface area contributed by atoms with Gasteiger partial charge in [0.05, 0.1) is 19.1 Å². The molecule has 13 heteroatoms. The summed E-state index contributed by atoms with van der Waals surface area (Å²) in [6, 6.07) is -5.06. The highest BCUT2D eigenvalue weighted by atomic mass is 32.1. The Balaban J connectivity index is 5.17. The molecule has 166 valence electrons. The van der Waals surface area contributed by atoms with E-state index in [1.807, 2.05) is 0 Å². The Morgan fingerprint density at radius 1 is 0.931 bits per heavy atom. The van der Waals surface area contributed by atoms with E-state index in [0.29, 0.717) is 0 Å². The summed E-state index contributed by atoms with van der Waals surface area (Å²) < 4.78 is 0. The third-order valence-corrected chi connectivity index (χ3v) is 4.08. The Morgan fingerprint density at radius 2 is 1.41 bits per heavy atom. The van der Waals surface area contributed by atoms with Crippen molar-refractivity contribution < 1.29 is 34.2 Å². The van der Waals surface area contributed by atoms with Gasteiger partial charge >= 0.3 is 5.97 Å². The number of aliphatic hydroxyl groups excluding tert-OH is 1. The van der Waals surface area contributed by atoms with Crippen LogP contribution in [-0.2, 0) is 24.0 Å². The minimum absolute atomic E-state index is 0.0209. The van der Waals surface area contributed by atoms with Gasteiger partial charge in [0, 0.05) is 5.75 Å². The molecule has 0 aliphatic rings. The Morgan fingerprint density at radius 3 is 1.83 bits per heavy atom. The molecule has 0 fully saturated rings. The Labute approximate surface area is 173 Å². The summed E-state index contributed by atoms with van der Waals surface area (Å²) in [6.07, 6.45) is -0.197. The molecule has 12 nitrogen and oxygen atoms in total. The highest BCUT2D eigenvalue weighted by Gasteiger charge is 2.30. The molecule has 0 aliphatic heterocycles. The number of nitrogens with two attached hydrogens (primary N) is 2. The highest BCUT2D eigenvalue weighted by molar-refractivity contribution is 7.80. The van der Waals surface area contributed by atoms with Gasteiger partial charge in [0.15, 0.2) is 0 Å². The zero-order valence-corrected chi connectivity index (χ0v) is 17.1. The highest BCUT2D eigenvalue weighted by Crippen LogP contribution is 2.06. The Hall–Kier alpha value is -2.38. The van der Waals surface area contributed by atoms with Gasteiger partial charge in [0.1, 0.15) is 18.1 Å². The number of carbonyl (C=O) groups excluding carboxylic acids is 4. The fourth-order valence-corrected chi connectivity index (χ4v) is 2.47. The SMILES string of the molecule is CC(C)CC(NC(=O)C(N)CC(N)=O)C(=O)NC(CS)C(=O)NC(CO)C(=O)O. The first-order valence-corrected chi connectivity index (χ1v) is 9.45. The Kier molecular flexibility index (Phi) is 11.9. The lowest BCUT2D eigenvalue weighted by Gasteiger charge is -2.25. The molecule has 0 saturated carbocycles. The summed E-state index contributed by atoms with van der Waals surface area (Å²) in [5.41, 5.74) is 10.6. The number of carbonyl (C=O) groups is 5. The average molecular weight is 436 g/mol. The van der Waals surface area contributed by atoms with Crippen LogP contribution in [0.5, 0.6) is 0 Å². The van der Waals surface area contributed by atoms with E-state index < -0.39 is 66.8 Å². The lowest BCUT2D eigenvalue weighted by atomic mass is 10.0. The van der Waals surface area contributed by atoms with Crippen LogP contribution in [0.4, 0.5) is 0 Å². The number of aliphatic carboxylic acids is 1. The second kappa shape index (κ2) is 13.0. The molecule has 0 spiro atoms. The second-order valence-electron chi connectivity index (χ2n) is 6.79. The molecule has 0 rings (SSSR count). The maximum atomic E-state index is 12.6. The van der Waals surface area contributed by atoms with Crippen LogP contribution in [0.3, 0.4) is 0 Å². The van der Waals surface area contributed by atoms with Gasteiger partial charge < -0.3 is 37.6 Å². The molecule has 0 aromatic rings. The van der Waals surface area contributed by atoms with Crippen LogP contribution in [0, 0.1) is 5.92 Å². The van der Waals surface area contributed by atoms with Crippen molar-refractivity contribution in [1.82, 2.24) is 16.0 Å². The van der Waals surface area contributed by atoms with Gasteiger partial charge in [0.25, 0.3) is 0 Å². The van der Waals surface area contributed by atoms with Crippen molar-refractivity contribution in [2.75, 3.05) is 12.4 Å². The molecule has 0 aromatic carbocycles. The number of hydrogen-bond donors (Lipinski definition) is 8. The topological polar surface area (TPSA) is 214 Å². The van der Waals surface area contributed by atoms with E-state index in [1.54, 1.807) is 13.8 Å². The van der Waals surface area contributed by atoms with Crippen molar-refractivity contribution in [3.8, 4) is 0 Å². The molecular weight excluding hydrogens is 406 g/mol. The minimum atomic E-state index is -1.54. The quantitative estimate of drug-likeness (QED) is 0.137. The molecular formula is C16H29N5O7S. The van der Waals surface area contributed by atoms with Crippen LogP contribution < -0.4 is 27.4 Å². The maximum Gasteiger partial charge on any atom is 0.328 e. The number of carboxylic acid groups (broad SMARTS) is 1. The van der Waals surface area contributed by atoms with Crippen molar-refractivity contribution in [1.29, 1.82) is 0 Å². The third-order valence-electron chi connectivity index (χ3n) is 3.71. The molecule has 0 radical (unpaired) electrons. The summed E-state index contributed by atoms with van der Waals surface area (Å²) in [7, 11) is 0. The van der Waals surface area contributed by atoms with Crippen LogP contribution >= 0.6 is 12.6 Å². The molecule has 4 amide bonds. The van der Waals surface area contributed by atoms with Crippen LogP contribution in [0.2, 0.25) is 0 Å². The first-order chi connectivity index (χ1) is 13.4. The number of hydrogen-bond acceptors (Lipinski definition) is 8. The second-order valence-corrected chi connectivity index (χ2v) is 7.16. The number of carboxylic acids is 1. The minimum Gasteiger partial charge on any atom is -0.480 e. The van der Waals surface area contributed by atoms with Gasteiger partial charge in [0.2, 0.25) is 23.6 Å². The van der Waals surface area contributed by atoms with Crippen molar-refractivity contribution in [2.45, 2.75) is 50.9 Å². The van der Waals surface area contributed by atoms with E-state index in [-0.39, 0.29) is 18.1 Å². The molecule has 0 aromatic heterocycles. The van der Waals surface area contributed by atoms with Crippen LogP contribution in [0.15, 0.2) is 0 Å². The lowest BCUT2D eigenvalue weighted by molar-refractivity contribution is -0.143. The predicted octanol–water partition coefficient (Wildman–Crippen LogP) is -3.30. The van der Waals surface area contributed by atoms with Gasteiger partial charge in [-0.05, 0) is 12.3 Å². The number of rotatable bonds is 13. The van der Waals surface area contributed by atoms with Gasteiger partial charge in [-0.3, -0.25) is 19.2 Å². The molecule has 4 unspecified atom stereocenters. The van der Waals surface area contributed by atoms with E-state index in [4.69, 9.17) is 21.7 Å². The van der Waals surface area contributed by atoms with Gasteiger partial charge in [-0.2, -0.15) is 12.6 Å². The summed E-state index contributed by atoms with van der Waals surface area (Å²) >= 11 is 3.97. The zero-order valence-electron chi connectivity index (χ0n) is 16.3. The molecule has 0 aliphatic carbocycles. The van der Waals surface area contributed by atoms with E-state index >= 15 is 0 Å². The molecule has 0 heterocycles. The number of primary amides is 1. The van der Waals surface area contributed by atoms with Crippen molar-refractivity contribution in [3.05, 3.63) is 0 Å². The van der Waals surface area contributed by atoms with E-state index in [2.05, 4.69) is 28.6 Å². The van der Waals surface area contributed by atoms with Gasteiger partial charge in [-0.1, -0.05) is 13.8 Å². The number of nitrogens with one attached hydrogen (secondary N) is 3. The van der Waals surface area contributed by atoms with Crippen molar-refractivity contribution >= 4 is 42.2 Å². The molecule has 0 bridgehead atoms. The van der Waals surface area contributed by atoms with E-state index in [9.17, 15) is 24.0 Å². The smallest absolute Gasteiger partial charge is 0.328 e. The lowest BCUT2D eigenvalue weighted by Crippen LogP contribution is -2.58. The number of thiol groups is 1. The fraction of sp³-hybridized carbons (Fsp3) is 0.688. The largest absolute Gasteiger partial charge is 0.480 e. The molecule has 29 heavy (non-hydrogen) atoms. The van der Waals surface area contributed by atoms with E-state index in [0.717, 1.165) is 0 Å². The zero-order chi connectivity index (χ0) is 22.7. The average Bonchev–Trinajstić information content (AvgIpc) is 2.61. The van der Waals surface area contributed by atoms with Crippen LogP contribution in [0.1, 0.15) is 26.7 Å². The molecule has 0 saturated heterocycles. The van der Waals surface area contributed by atoms with Crippen molar-refractivity contribution in [3.63, 3.8) is 0 Å². The summed E-state index contributed by atoms with van der Waals surface area (Å²) in [5.74, 6) is -4.76. The first kappa shape index (κ1) is 26.6. The number of amides is 4. The fourth-order valence-electron chi connectivity index (χ4n) is 2.22. The summed E-state index contributed by atoms with van der Waals surface area (Å²) in [6.45, 7) is 2.77. The summed E-state index contributed by atoms with van der Waals surface area (Å²) in [5, 5.41) is 24.7. The van der Waals surface area contributed by atoms with Gasteiger partial charge in [-0.25, -0.2) is 4.79 Å². The monoisotopic (exact) mass is 435 g/mol. The van der Waals surface area contributed by atoms with Crippen LogP contribution in [-0.4, -0.2) is 76.3 Å². The number of aliphatic hydroxyl groups is 1. The summed E-state index contributed by atoms with van der Waals surface area (Å²) in [4.78, 5) is 58.7. The first-order valence-electron chi connectivity index (χ1n) is 8.82. The standard InChI is InChI=1S/C16H29N5O7S/c1-7(2)3-9(19-13(24)8(17)4-12(18)23)14(25)21-11(6-29)15(26)20-10(5-22)16(27)28/h7-11,22,29H,3-6,17H2,1-2H3,(H2,18,23)(H,19,24)(H,20,26)(H,21,25)(H,27,28). The maximum absolute atomic E-state index is 12.6. The van der Waals surface area contributed by atoms with Crippen molar-refractivity contribution in [2.24, 2.45) is 17.4 Å². The van der Waals surface area contributed by atoms with Crippen LogP contribution in [0.25, 0.3) is 0 Å². The van der Waals surface area contributed by atoms with E-state index in [1.165, 1.54) is 0 Å². The Bertz CT molecular complexity index is 616. The molecule has 9 N–H and O–H groups in total.